The second kappa shape index (κ2) is 24.2. The first kappa shape index (κ1) is 57.7. The lowest BCUT2D eigenvalue weighted by molar-refractivity contribution is 1.29. The number of hydrogen-bond acceptors (Lipinski definition) is 10. The van der Waals surface area contributed by atoms with Gasteiger partial charge in [0.05, 0.1) is 83.8 Å². The van der Waals surface area contributed by atoms with Gasteiger partial charge in [0.15, 0.2) is 0 Å². The normalized spacial score (nSPS) is 11.6. The second-order valence-corrected chi connectivity index (χ2v) is 25.2. The van der Waals surface area contributed by atoms with Crippen molar-refractivity contribution in [2.24, 2.45) is 0 Å². The van der Waals surface area contributed by atoms with Gasteiger partial charge in [-0.25, -0.2) is 24.9 Å². The first-order chi connectivity index (χ1) is 49.4. The van der Waals surface area contributed by atoms with Gasteiger partial charge in [0.2, 0.25) is 0 Å². The zero-order valence-electron chi connectivity index (χ0n) is 53.6. The highest BCUT2D eigenvalue weighted by atomic mass is 14.8. The van der Waals surface area contributed by atoms with Crippen LogP contribution in [-0.4, -0.2) is 49.8 Å². The number of fused-ring (bicyclic) bond motifs is 12. The third-order valence-corrected chi connectivity index (χ3v) is 19.1. The van der Waals surface area contributed by atoms with E-state index in [4.69, 9.17) is 29.9 Å². The quantitative estimate of drug-likeness (QED) is 0.136. The van der Waals surface area contributed by atoms with Crippen molar-refractivity contribution < 1.29 is 0 Å². The van der Waals surface area contributed by atoms with Gasteiger partial charge in [-0.3, -0.25) is 24.9 Å². The zero-order chi connectivity index (χ0) is 66.0. The summed E-state index contributed by atoms with van der Waals surface area (Å²) in [5.74, 6) is 0. The summed E-state index contributed by atoms with van der Waals surface area (Å²) in [4.78, 5) is 48.6. The summed E-state index contributed by atoms with van der Waals surface area (Å²) in [5, 5.41) is 12.1. The van der Waals surface area contributed by atoms with Crippen LogP contribution in [0.3, 0.4) is 0 Å². The number of pyridine rings is 10. The first-order valence-electron chi connectivity index (χ1n) is 33.3. The third kappa shape index (κ3) is 10.7. The smallest absolute Gasteiger partial charge is 0.0972 e. The highest BCUT2D eigenvalue weighted by Gasteiger charge is 2.15. The third-order valence-electron chi connectivity index (χ3n) is 19.1. The van der Waals surface area contributed by atoms with Crippen LogP contribution in [0.2, 0.25) is 0 Å². The maximum absolute atomic E-state index is 5.13. The summed E-state index contributed by atoms with van der Waals surface area (Å²) in [6.45, 7) is 0. The summed E-state index contributed by atoms with van der Waals surface area (Å²) in [6, 6.07) is 103. The molecule has 20 rings (SSSR count). The molecule has 100 heavy (non-hydrogen) atoms. The van der Waals surface area contributed by atoms with Crippen molar-refractivity contribution in [1.29, 1.82) is 0 Å². The molecule has 10 heterocycles. The number of benzene rings is 10. The lowest BCUT2D eigenvalue weighted by Crippen LogP contribution is -1.91. The van der Waals surface area contributed by atoms with Crippen LogP contribution in [0.25, 0.3) is 199 Å². The molecule has 20 aromatic rings. The minimum absolute atomic E-state index is 0.852. The van der Waals surface area contributed by atoms with Crippen LogP contribution in [0, 0.1) is 0 Å². The Morgan fingerprint density at radius 3 is 1.22 bits per heavy atom. The number of rotatable bonds is 8. The number of para-hydroxylation sites is 1. The minimum Gasteiger partial charge on any atom is -0.256 e. The van der Waals surface area contributed by atoms with E-state index in [-0.39, 0.29) is 0 Å². The molecule has 0 saturated heterocycles. The van der Waals surface area contributed by atoms with E-state index >= 15 is 0 Å². The van der Waals surface area contributed by atoms with Gasteiger partial charge in [0.25, 0.3) is 0 Å². The molecule has 0 fully saturated rings. The lowest BCUT2D eigenvalue weighted by Gasteiger charge is -2.11. The summed E-state index contributed by atoms with van der Waals surface area (Å²) >= 11 is 0. The molecule has 10 aromatic heterocycles. The lowest BCUT2D eigenvalue weighted by atomic mass is 9.95. The second-order valence-electron chi connectivity index (χ2n) is 25.2. The monoisotopic (exact) mass is 1270 g/mol. The molecular formula is C90H54N10. The van der Waals surface area contributed by atoms with Gasteiger partial charge in [0.1, 0.15) is 0 Å². The molecule has 464 valence electrons. The van der Waals surface area contributed by atoms with E-state index in [9.17, 15) is 0 Å². The van der Waals surface area contributed by atoms with Crippen molar-refractivity contribution in [3.05, 3.63) is 328 Å². The Labute approximate surface area is 573 Å². The predicted octanol–water partition coefficient (Wildman–Crippen LogP) is 22.2. The van der Waals surface area contributed by atoms with Crippen LogP contribution < -0.4 is 0 Å². The van der Waals surface area contributed by atoms with Crippen molar-refractivity contribution in [3.8, 4) is 89.8 Å². The topological polar surface area (TPSA) is 129 Å². The first-order valence-corrected chi connectivity index (χ1v) is 33.3. The number of nitrogens with zero attached hydrogens (tertiary/aromatic N) is 10. The van der Waals surface area contributed by atoms with Gasteiger partial charge in [-0.2, -0.15) is 0 Å². The molecule has 0 aliphatic rings. The molecule has 0 amide bonds. The molecule has 10 nitrogen and oxygen atoms in total. The fourth-order valence-electron chi connectivity index (χ4n) is 13.8. The van der Waals surface area contributed by atoms with E-state index < -0.39 is 0 Å². The van der Waals surface area contributed by atoms with Crippen molar-refractivity contribution in [1.82, 2.24) is 49.8 Å². The maximum atomic E-state index is 5.13. The Morgan fingerprint density at radius 1 is 0.170 bits per heavy atom. The SMILES string of the molecule is c1ccc2cc(-c3ccc4ccc(-c5ccc6ccc(-c7ccc(-c8cc9cccnc9c9ncccc89)cc7)cc6n5)cc4n3)ncc2c1.c1ccc2ncc(-c3ccc4ccc(-c5ccc6ccc(-c7ccc(-c8ccc9ccc%10cccnc%10c9n8)cc7)cc6n5)cc4n3)cc2c1. The minimum atomic E-state index is 0.852. The maximum Gasteiger partial charge on any atom is 0.0972 e. The molecule has 0 aliphatic heterocycles. The van der Waals surface area contributed by atoms with E-state index in [2.05, 4.69) is 263 Å². The van der Waals surface area contributed by atoms with Crippen LogP contribution in [0.4, 0.5) is 0 Å². The summed E-state index contributed by atoms with van der Waals surface area (Å²) in [5.41, 5.74) is 24.7. The van der Waals surface area contributed by atoms with Crippen LogP contribution in [0.1, 0.15) is 0 Å². The van der Waals surface area contributed by atoms with Crippen molar-refractivity contribution in [2.45, 2.75) is 0 Å². The summed E-state index contributed by atoms with van der Waals surface area (Å²) in [6.07, 6.45) is 9.30. The van der Waals surface area contributed by atoms with Gasteiger partial charge >= 0.3 is 0 Å². The molecule has 0 spiro atoms. The molecule has 10 aromatic carbocycles. The fraction of sp³-hybridized carbons (Fsp3) is 0. The van der Waals surface area contributed by atoms with Gasteiger partial charge in [-0.05, 0) is 136 Å². The van der Waals surface area contributed by atoms with E-state index in [1.807, 2.05) is 85.6 Å². The number of aromatic nitrogens is 10. The van der Waals surface area contributed by atoms with Crippen molar-refractivity contribution in [2.75, 3.05) is 0 Å². The van der Waals surface area contributed by atoms with E-state index in [1.165, 1.54) is 0 Å². The van der Waals surface area contributed by atoms with Crippen LogP contribution in [0.5, 0.6) is 0 Å². The Balaban J connectivity index is 0.000000139. The van der Waals surface area contributed by atoms with Crippen LogP contribution in [-0.2, 0) is 0 Å². The molecule has 0 radical (unpaired) electrons. The Kier molecular flexibility index (Phi) is 14.0. The van der Waals surface area contributed by atoms with Gasteiger partial charge in [-0.15, -0.1) is 0 Å². The van der Waals surface area contributed by atoms with E-state index in [1.54, 1.807) is 0 Å². The van der Waals surface area contributed by atoms with Gasteiger partial charge in [-0.1, -0.05) is 200 Å². The Bertz CT molecular complexity index is 6660. The molecule has 0 unspecified atom stereocenters. The average molecular weight is 1280 g/mol. The van der Waals surface area contributed by atoms with Crippen LogP contribution in [0.15, 0.2) is 328 Å². The largest absolute Gasteiger partial charge is 0.256 e. The Hall–Kier alpha value is -13.7. The fourth-order valence-corrected chi connectivity index (χ4v) is 13.8. The Morgan fingerprint density at radius 2 is 0.590 bits per heavy atom. The van der Waals surface area contributed by atoms with Gasteiger partial charge < -0.3 is 0 Å². The summed E-state index contributed by atoms with van der Waals surface area (Å²) in [7, 11) is 0. The molecule has 0 bridgehead atoms. The summed E-state index contributed by atoms with van der Waals surface area (Å²) < 4.78 is 0. The standard InChI is InChI=1S/2C45H27N5/c1-2-6-36-27-48-43(25-32(36)5-1)40-20-18-31-14-16-34(26-42(31)50-40)39-19-17-30-13-15-33(24-41(30)49-39)28-9-11-29(12-10-28)38-23-35-7-3-21-46-44(35)45-37(38)8-4-22-47-45;1-2-6-38-35(4-1)24-37(27-47-38)41-21-18-31-12-16-36(26-43(31)49-41)40-20-17-30-11-15-34(25-42(30)48-40)28-7-9-29(10-8-28)39-22-19-33-14-13-32-5-3-23-46-44(32)45(33)50-39/h2*1-27H. The van der Waals surface area contributed by atoms with E-state index in [0.717, 1.165) is 199 Å². The zero-order valence-corrected chi connectivity index (χ0v) is 53.6. The van der Waals surface area contributed by atoms with Gasteiger partial charge in [0, 0.05) is 107 Å². The molecule has 0 saturated carbocycles. The van der Waals surface area contributed by atoms with E-state index in [0.29, 0.717) is 0 Å². The molecular weight excluding hydrogens is 1220 g/mol. The molecule has 0 N–H and O–H groups in total. The highest BCUT2D eigenvalue weighted by Crippen LogP contribution is 2.37. The van der Waals surface area contributed by atoms with Crippen molar-refractivity contribution in [3.63, 3.8) is 0 Å². The number of hydrogen-bond donors (Lipinski definition) is 0. The highest BCUT2D eigenvalue weighted by molar-refractivity contribution is 6.10. The average Bonchev–Trinajstić information content (AvgIpc) is 0.773. The van der Waals surface area contributed by atoms with Crippen LogP contribution >= 0.6 is 0 Å². The molecule has 0 aliphatic carbocycles. The van der Waals surface area contributed by atoms with Crippen molar-refractivity contribution >= 4 is 109 Å². The molecule has 10 heteroatoms. The molecule has 0 atom stereocenters. The predicted molar refractivity (Wildman–Crippen MR) is 409 cm³/mol.